The highest BCUT2D eigenvalue weighted by Crippen LogP contribution is 2.42. The number of rotatable bonds is 8. The lowest BCUT2D eigenvalue weighted by atomic mass is 9.94. The van der Waals surface area contributed by atoms with Crippen LogP contribution in [0.4, 0.5) is 10.1 Å². The number of amides is 1. The van der Waals surface area contributed by atoms with Gasteiger partial charge in [-0.25, -0.2) is 9.97 Å². The van der Waals surface area contributed by atoms with Crippen LogP contribution in [0.1, 0.15) is 42.5 Å². The first kappa shape index (κ1) is 29.3. The molecule has 2 N–H and O–H groups in total. The van der Waals surface area contributed by atoms with E-state index in [1.165, 1.54) is 55.7 Å². The lowest BCUT2D eigenvalue weighted by Gasteiger charge is -2.41. The topological polar surface area (TPSA) is 90.8 Å². The van der Waals surface area contributed by atoms with Gasteiger partial charge in [0.15, 0.2) is 5.13 Å². The van der Waals surface area contributed by atoms with E-state index in [-0.39, 0.29) is 42.4 Å². The maximum Gasteiger partial charge on any atom is 0.259 e. The van der Waals surface area contributed by atoms with E-state index in [9.17, 15) is 4.79 Å². The summed E-state index contributed by atoms with van der Waals surface area (Å²) in [6, 6.07) is 4.13. The van der Waals surface area contributed by atoms with Gasteiger partial charge in [0.2, 0.25) is 5.88 Å². The van der Waals surface area contributed by atoms with E-state index in [2.05, 4.69) is 20.1 Å². The molecular formula is C25H30Cl3N5O3S2. The van der Waals surface area contributed by atoms with Gasteiger partial charge in [-0.05, 0) is 25.0 Å². The highest BCUT2D eigenvalue weighted by atomic mass is 35.5. The molecule has 13 heteroatoms. The fraction of sp³-hybridized carbons (Fsp3) is 0.480. The molecule has 0 unspecified atom stereocenters. The molecule has 2 aliphatic rings. The second kappa shape index (κ2) is 13.6. The third kappa shape index (κ3) is 6.91. The van der Waals surface area contributed by atoms with E-state index < -0.39 is 0 Å². The van der Waals surface area contributed by atoms with Crippen LogP contribution in [0, 0.1) is 0 Å². The van der Waals surface area contributed by atoms with Crippen LogP contribution in [0.2, 0.25) is 10.0 Å². The number of thiophene rings is 1. The van der Waals surface area contributed by atoms with Gasteiger partial charge in [0.1, 0.15) is 22.3 Å². The van der Waals surface area contributed by atoms with Crippen molar-refractivity contribution in [1.29, 1.82) is 0 Å². The van der Waals surface area contributed by atoms with Crippen LogP contribution >= 0.6 is 58.3 Å². The maximum atomic E-state index is 13.0. The number of pyridine rings is 1. The largest absolute Gasteiger partial charge is 0.474 e. The molecule has 1 aliphatic carbocycles. The molecule has 1 aliphatic heterocycles. The number of nitrogens with one attached hydrogen (secondary N) is 1. The number of nitrogens with zero attached hydrogens (tertiary/aromatic N) is 4. The Labute approximate surface area is 246 Å². The molecule has 0 bridgehead atoms. The van der Waals surface area contributed by atoms with Crippen LogP contribution in [0.15, 0.2) is 23.7 Å². The van der Waals surface area contributed by atoms with Gasteiger partial charge in [-0.15, -0.1) is 23.7 Å². The van der Waals surface area contributed by atoms with Gasteiger partial charge >= 0.3 is 0 Å². The molecule has 206 valence electrons. The number of aliphatic hydroxyl groups is 1. The summed E-state index contributed by atoms with van der Waals surface area (Å²) in [5, 5.41) is 16.2. The van der Waals surface area contributed by atoms with Crippen molar-refractivity contribution in [2.45, 2.75) is 38.1 Å². The number of ether oxygens (including phenoxy) is 1. The summed E-state index contributed by atoms with van der Waals surface area (Å²) in [7, 11) is 0. The number of carbonyl (C=O) groups is 1. The fourth-order valence-corrected chi connectivity index (χ4v) is 7.26. The Hall–Kier alpha value is -1.66. The van der Waals surface area contributed by atoms with E-state index in [1.807, 2.05) is 11.4 Å². The van der Waals surface area contributed by atoms with Crippen LogP contribution in [0.25, 0.3) is 10.6 Å². The van der Waals surface area contributed by atoms with Gasteiger partial charge in [-0.1, -0.05) is 53.8 Å². The Morgan fingerprint density at radius 2 is 1.92 bits per heavy atom. The van der Waals surface area contributed by atoms with Crippen LogP contribution in [0.5, 0.6) is 5.88 Å². The van der Waals surface area contributed by atoms with Gasteiger partial charge in [0.25, 0.3) is 5.91 Å². The molecule has 4 heterocycles. The third-order valence-corrected chi connectivity index (χ3v) is 9.31. The normalized spacial score (nSPS) is 16.8. The molecule has 3 aromatic heterocycles. The first-order valence-electron chi connectivity index (χ1n) is 12.5. The summed E-state index contributed by atoms with van der Waals surface area (Å²) >= 11 is 15.5. The number of hydrogen-bond acceptors (Lipinski definition) is 9. The van der Waals surface area contributed by atoms with Gasteiger partial charge in [-0.2, -0.15) is 0 Å². The smallest absolute Gasteiger partial charge is 0.259 e. The second-order valence-electron chi connectivity index (χ2n) is 9.15. The van der Waals surface area contributed by atoms with Gasteiger partial charge in [-0.3, -0.25) is 15.0 Å². The zero-order valence-electron chi connectivity index (χ0n) is 20.7. The fourth-order valence-electron chi connectivity index (χ4n) is 4.88. The van der Waals surface area contributed by atoms with Crippen molar-refractivity contribution in [1.82, 2.24) is 14.9 Å². The zero-order chi connectivity index (χ0) is 25.8. The zero-order valence-corrected chi connectivity index (χ0v) is 24.7. The van der Waals surface area contributed by atoms with Gasteiger partial charge in [0, 0.05) is 43.8 Å². The molecular weight excluding hydrogens is 589 g/mol. The Morgan fingerprint density at radius 1 is 1.16 bits per heavy atom. The predicted molar refractivity (Wildman–Crippen MR) is 158 cm³/mol. The number of piperazine rings is 1. The molecule has 0 spiro atoms. The lowest BCUT2D eigenvalue weighted by molar-refractivity contribution is 0.102. The average molecular weight is 619 g/mol. The Kier molecular flexibility index (Phi) is 10.5. The predicted octanol–water partition coefficient (Wildman–Crippen LogP) is 6.07. The SMILES string of the molecule is Cl.O=C(Nc1nc(-c2cc(Cl)cs2)c(N2CCN(C3CCCCC3)CC2)s1)c1cnc(OCCO)c(Cl)c1. The molecule has 2 fully saturated rings. The van der Waals surface area contributed by atoms with Crippen molar-refractivity contribution < 1.29 is 14.6 Å². The Morgan fingerprint density at radius 3 is 2.58 bits per heavy atom. The highest BCUT2D eigenvalue weighted by Gasteiger charge is 2.28. The van der Waals surface area contributed by atoms with E-state index in [0.717, 1.165) is 41.8 Å². The van der Waals surface area contributed by atoms with E-state index in [4.69, 9.17) is 38.0 Å². The van der Waals surface area contributed by atoms with Crippen molar-refractivity contribution in [2.24, 2.45) is 0 Å². The minimum absolute atomic E-state index is 0. The van der Waals surface area contributed by atoms with Crippen molar-refractivity contribution in [3.05, 3.63) is 39.3 Å². The van der Waals surface area contributed by atoms with Gasteiger partial charge < -0.3 is 14.7 Å². The van der Waals surface area contributed by atoms with Crippen molar-refractivity contribution in [2.75, 3.05) is 49.6 Å². The van der Waals surface area contributed by atoms with Crippen molar-refractivity contribution in [3.63, 3.8) is 0 Å². The minimum Gasteiger partial charge on any atom is -0.474 e. The molecule has 1 amide bonds. The minimum atomic E-state index is -0.360. The molecule has 0 aromatic carbocycles. The second-order valence-corrected chi connectivity index (χ2v) is 11.9. The third-order valence-electron chi connectivity index (χ3n) is 6.72. The van der Waals surface area contributed by atoms with E-state index >= 15 is 0 Å². The number of hydrogen-bond donors (Lipinski definition) is 2. The molecule has 38 heavy (non-hydrogen) atoms. The lowest BCUT2D eigenvalue weighted by Crippen LogP contribution is -2.50. The summed E-state index contributed by atoms with van der Waals surface area (Å²) in [5.74, 6) is -0.186. The summed E-state index contributed by atoms with van der Waals surface area (Å²) in [6.07, 6.45) is 8.05. The molecule has 0 radical (unpaired) electrons. The Balaban J connectivity index is 0.00000336. The summed E-state index contributed by atoms with van der Waals surface area (Å²) in [5.41, 5.74) is 1.13. The average Bonchev–Trinajstić information content (AvgIpc) is 3.54. The van der Waals surface area contributed by atoms with Crippen molar-refractivity contribution >= 4 is 74.3 Å². The first-order chi connectivity index (χ1) is 18.0. The Bertz CT molecular complexity index is 1230. The van der Waals surface area contributed by atoms with Crippen LogP contribution < -0.4 is 15.0 Å². The molecule has 3 aromatic rings. The highest BCUT2D eigenvalue weighted by molar-refractivity contribution is 7.21. The summed E-state index contributed by atoms with van der Waals surface area (Å²) < 4.78 is 5.27. The summed E-state index contributed by atoms with van der Waals surface area (Å²) in [6.45, 7) is 3.83. The standard InChI is InChI=1S/C25H29Cl2N5O3S2.ClH/c26-17-13-20(36-15-17)21-24(32-8-6-31(7-9-32)18-4-2-1-3-5-18)37-25(29-21)30-22(34)16-12-19(27)23(28-14-16)35-11-10-33;/h12-15,18,33H,1-11H2,(H,29,30,34);1H. The molecule has 1 saturated heterocycles. The first-order valence-corrected chi connectivity index (χ1v) is 14.9. The number of thiazole rings is 1. The number of carbonyl (C=O) groups excluding carboxylic acids is 1. The number of aromatic nitrogens is 2. The number of aliphatic hydroxyl groups excluding tert-OH is 1. The summed E-state index contributed by atoms with van der Waals surface area (Å²) in [4.78, 5) is 27.9. The van der Waals surface area contributed by atoms with E-state index in [0.29, 0.717) is 21.8 Å². The van der Waals surface area contributed by atoms with E-state index in [1.54, 1.807) is 11.3 Å². The quantitative estimate of drug-likeness (QED) is 0.317. The molecule has 0 atom stereocenters. The number of anilines is 2. The molecule has 8 nitrogen and oxygen atoms in total. The monoisotopic (exact) mass is 617 g/mol. The van der Waals surface area contributed by atoms with Crippen LogP contribution in [0.3, 0.4) is 0 Å². The maximum absolute atomic E-state index is 13.0. The van der Waals surface area contributed by atoms with Gasteiger partial charge in [0.05, 0.1) is 22.1 Å². The molecule has 1 saturated carbocycles. The molecule has 5 rings (SSSR count). The van der Waals surface area contributed by atoms with Crippen molar-refractivity contribution in [3.8, 4) is 16.5 Å². The number of halogens is 3. The van der Waals surface area contributed by atoms with Crippen LogP contribution in [-0.2, 0) is 0 Å². The van der Waals surface area contributed by atoms with Crippen LogP contribution in [-0.4, -0.2) is 71.3 Å².